The highest BCUT2D eigenvalue weighted by atomic mass is 79.9. The molecule has 0 saturated heterocycles. The van der Waals surface area contributed by atoms with Crippen molar-refractivity contribution in [1.82, 2.24) is 0 Å². The van der Waals surface area contributed by atoms with E-state index < -0.39 is 11.9 Å². The van der Waals surface area contributed by atoms with Gasteiger partial charge in [0.1, 0.15) is 5.76 Å². The summed E-state index contributed by atoms with van der Waals surface area (Å²) in [6, 6.07) is 7.79. The predicted molar refractivity (Wildman–Crippen MR) is 74.4 cm³/mol. The first kappa shape index (κ1) is 14.1. The molecule has 2 rings (SSSR count). The molecule has 0 spiro atoms. The molecular formula is C14H15BrFNO2. The molecule has 3 nitrogen and oxygen atoms in total. The summed E-state index contributed by atoms with van der Waals surface area (Å²) >= 11 is 3.29. The molecule has 0 radical (unpaired) electrons. The largest absolute Gasteiger partial charge is 0.478 e. The molecule has 2 atom stereocenters. The van der Waals surface area contributed by atoms with Crippen LogP contribution < -0.4 is 10.5 Å². The molecule has 1 aromatic carbocycles. The fourth-order valence-corrected chi connectivity index (χ4v) is 2.07. The smallest absolute Gasteiger partial charge is 0.171 e. The highest BCUT2D eigenvalue weighted by molar-refractivity contribution is 9.10. The zero-order valence-corrected chi connectivity index (χ0v) is 12.1. The molecule has 0 amide bonds. The van der Waals surface area contributed by atoms with Crippen LogP contribution in [0.2, 0.25) is 0 Å². The zero-order chi connectivity index (χ0) is 13.8. The second kappa shape index (κ2) is 6.21. The van der Waals surface area contributed by atoms with Gasteiger partial charge in [-0.05, 0) is 36.8 Å². The first-order valence-electron chi connectivity index (χ1n) is 6.02. The van der Waals surface area contributed by atoms with Gasteiger partial charge in [0.25, 0.3) is 0 Å². The van der Waals surface area contributed by atoms with E-state index in [9.17, 15) is 4.39 Å². The molecule has 19 heavy (non-hydrogen) atoms. The Morgan fingerprint density at radius 1 is 1.42 bits per heavy atom. The lowest BCUT2D eigenvalue weighted by molar-refractivity contribution is 0.138. The van der Waals surface area contributed by atoms with Gasteiger partial charge >= 0.3 is 0 Å². The van der Waals surface area contributed by atoms with Crippen molar-refractivity contribution in [2.45, 2.75) is 25.5 Å². The maximum atomic E-state index is 13.7. The minimum absolute atomic E-state index is 0.152. The van der Waals surface area contributed by atoms with E-state index in [2.05, 4.69) is 15.9 Å². The lowest BCUT2D eigenvalue weighted by atomic mass is 10.1. The van der Waals surface area contributed by atoms with Crippen LogP contribution in [0.4, 0.5) is 4.39 Å². The molecule has 0 aliphatic heterocycles. The molecule has 1 heterocycles. The molecule has 0 aliphatic rings. The average molecular weight is 328 g/mol. The highest BCUT2D eigenvalue weighted by Gasteiger charge is 2.24. The monoisotopic (exact) mass is 327 g/mol. The topological polar surface area (TPSA) is 48.4 Å². The number of rotatable bonds is 5. The Morgan fingerprint density at radius 2 is 2.21 bits per heavy atom. The van der Waals surface area contributed by atoms with Gasteiger partial charge in [-0.3, -0.25) is 0 Å². The van der Waals surface area contributed by atoms with Crippen LogP contribution >= 0.6 is 15.9 Å². The van der Waals surface area contributed by atoms with Crippen molar-refractivity contribution < 1.29 is 13.5 Å². The summed E-state index contributed by atoms with van der Waals surface area (Å²) in [4.78, 5) is 0. The van der Waals surface area contributed by atoms with Crippen LogP contribution in [0.3, 0.4) is 0 Å². The lowest BCUT2D eigenvalue weighted by Crippen LogP contribution is -2.31. The molecule has 0 aliphatic carbocycles. The van der Waals surface area contributed by atoms with Crippen LogP contribution in [-0.2, 0) is 0 Å². The van der Waals surface area contributed by atoms with Crippen LogP contribution in [-0.4, -0.2) is 6.04 Å². The quantitative estimate of drug-likeness (QED) is 0.901. The van der Waals surface area contributed by atoms with E-state index in [1.807, 2.05) is 6.92 Å². The maximum Gasteiger partial charge on any atom is 0.171 e. The normalized spacial score (nSPS) is 14.1. The number of hydrogen-bond donors (Lipinski definition) is 1. The fourth-order valence-electron chi connectivity index (χ4n) is 1.73. The number of halogens is 2. The molecular weight excluding hydrogens is 313 g/mol. The van der Waals surface area contributed by atoms with Gasteiger partial charge in [0.05, 0.1) is 6.26 Å². The number of nitrogens with two attached hydrogens (primary N) is 1. The van der Waals surface area contributed by atoms with Crippen molar-refractivity contribution in [3.8, 4) is 5.75 Å². The molecule has 0 fully saturated rings. The highest BCUT2D eigenvalue weighted by Crippen LogP contribution is 2.29. The summed E-state index contributed by atoms with van der Waals surface area (Å²) in [5, 5.41) is 0. The number of furan rings is 1. The van der Waals surface area contributed by atoms with Crippen LogP contribution in [0.25, 0.3) is 0 Å². The predicted octanol–water partition coefficient (Wildman–Crippen LogP) is 4.04. The summed E-state index contributed by atoms with van der Waals surface area (Å²) in [6.07, 6.45) is 1.73. The number of hydrogen-bond acceptors (Lipinski definition) is 3. The standard InChI is InChI=1S/C14H15BrFNO2/c1-2-11(17)14(12-4-3-7-18-12)19-13-8-9(15)5-6-10(13)16/h3-8,11,14H,2,17H2,1H3. The Kier molecular flexibility index (Phi) is 4.61. The van der Waals surface area contributed by atoms with E-state index >= 15 is 0 Å². The first-order chi connectivity index (χ1) is 9.11. The second-order valence-electron chi connectivity index (χ2n) is 4.20. The molecule has 2 N–H and O–H groups in total. The van der Waals surface area contributed by atoms with E-state index in [1.165, 1.54) is 6.07 Å². The average Bonchev–Trinajstić information content (AvgIpc) is 2.92. The van der Waals surface area contributed by atoms with Gasteiger partial charge in [-0.25, -0.2) is 4.39 Å². The van der Waals surface area contributed by atoms with Crippen molar-refractivity contribution >= 4 is 15.9 Å². The SMILES string of the molecule is CCC(N)C(Oc1cc(Br)ccc1F)c1ccco1. The third kappa shape index (κ3) is 3.36. The van der Waals surface area contributed by atoms with Gasteiger partial charge in [0.15, 0.2) is 17.7 Å². The van der Waals surface area contributed by atoms with Crippen LogP contribution in [0.15, 0.2) is 45.5 Å². The van der Waals surface area contributed by atoms with Gasteiger partial charge in [0, 0.05) is 10.5 Å². The fraction of sp³-hybridized carbons (Fsp3) is 0.286. The van der Waals surface area contributed by atoms with Crippen molar-refractivity contribution in [2.75, 3.05) is 0 Å². The second-order valence-corrected chi connectivity index (χ2v) is 5.12. The molecule has 1 aromatic heterocycles. The zero-order valence-electron chi connectivity index (χ0n) is 10.5. The maximum absolute atomic E-state index is 13.7. The van der Waals surface area contributed by atoms with Gasteiger partial charge < -0.3 is 14.9 Å². The molecule has 2 unspecified atom stereocenters. The molecule has 5 heteroatoms. The van der Waals surface area contributed by atoms with E-state index in [1.54, 1.807) is 30.5 Å². The summed E-state index contributed by atoms with van der Waals surface area (Å²) in [7, 11) is 0. The molecule has 102 valence electrons. The summed E-state index contributed by atoms with van der Waals surface area (Å²) < 4.78 is 25.5. The van der Waals surface area contributed by atoms with Crippen molar-refractivity contribution in [3.05, 3.63) is 52.6 Å². The summed E-state index contributed by atoms with van der Waals surface area (Å²) in [5.41, 5.74) is 6.03. The van der Waals surface area contributed by atoms with Crippen molar-refractivity contribution in [2.24, 2.45) is 5.73 Å². The van der Waals surface area contributed by atoms with E-state index in [0.29, 0.717) is 12.2 Å². The van der Waals surface area contributed by atoms with Crippen molar-refractivity contribution in [3.63, 3.8) is 0 Å². The summed E-state index contributed by atoms with van der Waals surface area (Å²) in [5.74, 6) is 0.316. The Labute approximate surface area is 119 Å². The lowest BCUT2D eigenvalue weighted by Gasteiger charge is -2.22. The minimum atomic E-state index is -0.510. The van der Waals surface area contributed by atoms with E-state index in [0.717, 1.165) is 4.47 Å². The third-order valence-electron chi connectivity index (χ3n) is 2.83. The van der Waals surface area contributed by atoms with Crippen LogP contribution in [0.5, 0.6) is 5.75 Å². The van der Waals surface area contributed by atoms with Crippen molar-refractivity contribution in [1.29, 1.82) is 0 Å². The Balaban J connectivity index is 2.28. The van der Waals surface area contributed by atoms with Crippen LogP contribution in [0.1, 0.15) is 25.2 Å². The first-order valence-corrected chi connectivity index (χ1v) is 6.81. The van der Waals surface area contributed by atoms with E-state index in [4.69, 9.17) is 14.9 Å². The van der Waals surface area contributed by atoms with Gasteiger partial charge in [-0.1, -0.05) is 22.9 Å². The van der Waals surface area contributed by atoms with Gasteiger partial charge in [-0.15, -0.1) is 0 Å². The molecule has 2 aromatic rings. The molecule has 0 saturated carbocycles. The Hall–Kier alpha value is -1.33. The number of ether oxygens (including phenoxy) is 1. The molecule has 0 bridgehead atoms. The Morgan fingerprint density at radius 3 is 2.84 bits per heavy atom. The van der Waals surface area contributed by atoms with Gasteiger partial charge in [0.2, 0.25) is 0 Å². The third-order valence-corrected chi connectivity index (χ3v) is 3.32. The Bertz CT molecular complexity index is 530. The minimum Gasteiger partial charge on any atom is -0.478 e. The van der Waals surface area contributed by atoms with Gasteiger partial charge in [-0.2, -0.15) is 0 Å². The summed E-state index contributed by atoms with van der Waals surface area (Å²) in [6.45, 7) is 1.95. The van der Waals surface area contributed by atoms with E-state index in [-0.39, 0.29) is 11.8 Å². The number of benzene rings is 1. The van der Waals surface area contributed by atoms with Crippen LogP contribution in [0, 0.1) is 5.82 Å².